The quantitative estimate of drug-likeness (QED) is 0.806. The van der Waals surface area contributed by atoms with Crippen molar-refractivity contribution in [3.63, 3.8) is 0 Å². The Morgan fingerprint density at radius 1 is 1.35 bits per heavy atom. The molecule has 0 spiro atoms. The lowest BCUT2D eigenvalue weighted by Gasteiger charge is -2.28. The molecule has 2 saturated heterocycles. The topological polar surface area (TPSA) is 61.4 Å². The predicted octanol–water partition coefficient (Wildman–Crippen LogP) is 0.676. The molecule has 2 heterocycles. The minimum atomic E-state index is 0. The first-order chi connectivity index (χ1) is 9.13. The van der Waals surface area contributed by atoms with Crippen molar-refractivity contribution in [2.45, 2.75) is 57.2 Å². The van der Waals surface area contributed by atoms with Gasteiger partial charge in [-0.2, -0.15) is 0 Å². The number of halogens is 1. The second-order valence-electron chi connectivity index (χ2n) is 6.26. The number of rotatable bonds is 3. The highest BCUT2D eigenvalue weighted by atomic mass is 35.5. The minimum absolute atomic E-state index is 0. The van der Waals surface area contributed by atoms with Gasteiger partial charge >= 0.3 is 0 Å². The van der Waals surface area contributed by atoms with Crippen molar-refractivity contribution < 1.29 is 9.59 Å². The van der Waals surface area contributed by atoms with Crippen molar-refractivity contribution in [3.8, 4) is 0 Å². The molecule has 1 aliphatic carbocycles. The van der Waals surface area contributed by atoms with Gasteiger partial charge in [-0.15, -0.1) is 12.4 Å². The lowest BCUT2D eigenvalue weighted by atomic mass is 9.92. The number of nitrogens with one attached hydrogen (secondary N) is 2. The van der Waals surface area contributed by atoms with Crippen molar-refractivity contribution >= 4 is 24.2 Å². The summed E-state index contributed by atoms with van der Waals surface area (Å²) in [7, 11) is 0. The Bertz CT molecular complexity index is 387. The average Bonchev–Trinajstić information content (AvgIpc) is 3.14. The van der Waals surface area contributed by atoms with E-state index in [-0.39, 0.29) is 36.2 Å². The van der Waals surface area contributed by atoms with Crippen LogP contribution in [0.4, 0.5) is 0 Å². The monoisotopic (exact) mass is 301 g/mol. The molecular formula is C14H24ClN3O2. The molecule has 3 rings (SSSR count). The van der Waals surface area contributed by atoms with Crippen LogP contribution in [0.15, 0.2) is 0 Å². The van der Waals surface area contributed by atoms with Crippen molar-refractivity contribution in [2.75, 3.05) is 13.1 Å². The van der Waals surface area contributed by atoms with Crippen LogP contribution >= 0.6 is 12.4 Å². The molecule has 6 heteroatoms. The second kappa shape index (κ2) is 6.31. The summed E-state index contributed by atoms with van der Waals surface area (Å²) in [5.41, 5.74) is 0. The van der Waals surface area contributed by atoms with Gasteiger partial charge < -0.3 is 15.5 Å². The Labute approximate surface area is 126 Å². The van der Waals surface area contributed by atoms with Crippen LogP contribution in [0.1, 0.15) is 39.0 Å². The summed E-state index contributed by atoms with van der Waals surface area (Å²) < 4.78 is 0. The molecule has 0 aromatic rings. The van der Waals surface area contributed by atoms with Crippen LogP contribution in [0.2, 0.25) is 0 Å². The number of hydrogen-bond acceptors (Lipinski definition) is 3. The van der Waals surface area contributed by atoms with Crippen molar-refractivity contribution in [3.05, 3.63) is 0 Å². The van der Waals surface area contributed by atoms with Gasteiger partial charge in [-0.05, 0) is 39.2 Å². The predicted molar refractivity (Wildman–Crippen MR) is 78.7 cm³/mol. The Kier molecular flexibility index (Phi) is 4.91. The summed E-state index contributed by atoms with van der Waals surface area (Å²) in [6.07, 6.45) is 4.57. The molecule has 2 amide bonds. The van der Waals surface area contributed by atoms with Gasteiger partial charge in [0.1, 0.15) is 0 Å². The standard InChI is InChI=1S/C14H23N3O2.ClH/c1-9-6-10(4-5-15-9)14(19)16-11-7-13(18)17(8-11)12-2-3-12;/h9-12,15H,2-8H2,1H3,(H,16,19);1H/t9-,10-,11?;/m0./s1. The number of hydrogen-bond donors (Lipinski definition) is 2. The van der Waals surface area contributed by atoms with E-state index in [0.717, 1.165) is 38.8 Å². The van der Waals surface area contributed by atoms with E-state index in [1.807, 2.05) is 4.90 Å². The van der Waals surface area contributed by atoms with Crippen LogP contribution in [-0.2, 0) is 9.59 Å². The fourth-order valence-electron chi connectivity index (χ4n) is 3.26. The third-order valence-corrected chi connectivity index (χ3v) is 4.49. The van der Waals surface area contributed by atoms with Gasteiger partial charge in [-0.3, -0.25) is 9.59 Å². The molecule has 1 unspecified atom stereocenters. The molecule has 5 nitrogen and oxygen atoms in total. The molecule has 2 N–H and O–H groups in total. The third kappa shape index (κ3) is 3.44. The maximum absolute atomic E-state index is 12.2. The van der Waals surface area contributed by atoms with Crippen molar-refractivity contribution in [2.24, 2.45) is 5.92 Å². The van der Waals surface area contributed by atoms with E-state index in [4.69, 9.17) is 0 Å². The highest BCUT2D eigenvalue weighted by Gasteiger charge is 2.40. The van der Waals surface area contributed by atoms with Gasteiger partial charge in [0.05, 0.1) is 6.04 Å². The molecule has 114 valence electrons. The van der Waals surface area contributed by atoms with Gasteiger partial charge in [0.15, 0.2) is 0 Å². The van der Waals surface area contributed by atoms with Crippen LogP contribution in [0, 0.1) is 5.92 Å². The highest BCUT2D eigenvalue weighted by molar-refractivity contribution is 5.85. The van der Waals surface area contributed by atoms with Gasteiger partial charge in [0.25, 0.3) is 0 Å². The van der Waals surface area contributed by atoms with E-state index in [9.17, 15) is 9.59 Å². The Morgan fingerprint density at radius 3 is 2.75 bits per heavy atom. The summed E-state index contributed by atoms with van der Waals surface area (Å²) in [5, 5.41) is 6.44. The highest BCUT2D eigenvalue weighted by Crippen LogP contribution is 2.30. The van der Waals surface area contributed by atoms with E-state index in [1.54, 1.807) is 0 Å². The molecule has 3 aliphatic rings. The lowest BCUT2D eigenvalue weighted by Crippen LogP contribution is -2.46. The summed E-state index contributed by atoms with van der Waals surface area (Å²) >= 11 is 0. The zero-order chi connectivity index (χ0) is 13.4. The van der Waals surface area contributed by atoms with Gasteiger partial charge in [0.2, 0.25) is 11.8 Å². The number of amides is 2. The largest absolute Gasteiger partial charge is 0.351 e. The van der Waals surface area contributed by atoms with Crippen LogP contribution in [0.5, 0.6) is 0 Å². The van der Waals surface area contributed by atoms with Crippen LogP contribution in [-0.4, -0.2) is 47.9 Å². The van der Waals surface area contributed by atoms with Crippen molar-refractivity contribution in [1.82, 2.24) is 15.5 Å². The fourth-order valence-corrected chi connectivity index (χ4v) is 3.26. The molecule has 0 aromatic carbocycles. The third-order valence-electron chi connectivity index (χ3n) is 4.49. The summed E-state index contributed by atoms with van der Waals surface area (Å²) in [4.78, 5) is 26.0. The molecule has 20 heavy (non-hydrogen) atoms. The number of likely N-dealkylation sites (tertiary alicyclic amines) is 1. The average molecular weight is 302 g/mol. The maximum atomic E-state index is 12.2. The SMILES string of the molecule is C[C@H]1C[C@@H](C(=O)NC2CC(=O)N(C3CC3)C2)CCN1.Cl. The van der Waals surface area contributed by atoms with Crippen LogP contribution in [0.25, 0.3) is 0 Å². The minimum Gasteiger partial charge on any atom is -0.351 e. The molecule has 0 aromatic heterocycles. The number of nitrogens with zero attached hydrogens (tertiary/aromatic N) is 1. The molecule has 3 atom stereocenters. The number of carbonyl (C=O) groups is 2. The van der Waals surface area contributed by atoms with Gasteiger partial charge in [-0.25, -0.2) is 0 Å². The van der Waals surface area contributed by atoms with E-state index < -0.39 is 0 Å². The molecule has 0 bridgehead atoms. The molecule has 3 fully saturated rings. The van der Waals surface area contributed by atoms with E-state index in [2.05, 4.69) is 17.6 Å². The molecule has 1 saturated carbocycles. The van der Waals surface area contributed by atoms with Crippen molar-refractivity contribution in [1.29, 1.82) is 0 Å². The molecule has 2 aliphatic heterocycles. The van der Waals surface area contributed by atoms with E-state index >= 15 is 0 Å². The molecular weight excluding hydrogens is 278 g/mol. The van der Waals surface area contributed by atoms with E-state index in [1.165, 1.54) is 0 Å². The van der Waals surface area contributed by atoms with Crippen LogP contribution in [0.3, 0.4) is 0 Å². The molecule has 0 radical (unpaired) electrons. The second-order valence-corrected chi connectivity index (χ2v) is 6.26. The van der Waals surface area contributed by atoms with Crippen LogP contribution < -0.4 is 10.6 Å². The zero-order valence-electron chi connectivity index (χ0n) is 11.9. The number of piperidine rings is 1. The Balaban J connectivity index is 0.00000147. The Morgan fingerprint density at radius 2 is 2.10 bits per heavy atom. The summed E-state index contributed by atoms with van der Waals surface area (Å²) in [6, 6.07) is 0.914. The smallest absolute Gasteiger partial charge is 0.225 e. The first-order valence-electron chi connectivity index (χ1n) is 7.46. The normalized spacial score (nSPS) is 33.8. The van der Waals surface area contributed by atoms with E-state index in [0.29, 0.717) is 18.5 Å². The first kappa shape index (κ1) is 15.6. The Hall–Kier alpha value is -0.810. The van der Waals surface area contributed by atoms with Gasteiger partial charge in [-0.1, -0.05) is 0 Å². The summed E-state index contributed by atoms with van der Waals surface area (Å²) in [6.45, 7) is 3.75. The maximum Gasteiger partial charge on any atom is 0.225 e. The lowest BCUT2D eigenvalue weighted by molar-refractivity contribution is -0.128. The first-order valence-corrected chi connectivity index (χ1v) is 7.46. The van der Waals surface area contributed by atoms with Gasteiger partial charge in [0, 0.05) is 31.0 Å². The summed E-state index contributed by atoms with van der Waals surface area (Å²) in [5.74, 6) is 0.469. The number of carbonyl (C=O) groups excluding carboxylic acids is 2. The zero-order valence-corrected chi connectivity index (χ0v) is 12.7. The fraction of sp³-hybridized carbons (Fsp3) is 0.857.